The zero-order valence-electron chi connectivity index (χ0n) is 23.7. The maximum Gasteiger partial charge on any atom is 0.326 e. The largest absolute Gasteiger partial charge is 0.495 e. The average Bonchev–Trinajstić information content (AvgIpc) is 2.99. The van der Waals surface area contributed by atoms with Gasteiger partial charge in [-0.2, -0.15) is 11.8 Å². The zero-order chi connectivity index (χ0) is 29.2. The topological polar surface area (TPSA) is 78.9 Å². The molecule has 4 aromatic rings. The third-order valence-corrected chi connectivity index (χ3v) is 7.64. The number of carboxylic acids is 1. The monoisotopic (exact) mass is 568 g/mol. The van der Waals surface area contributed by atoms with Gasteiger partial charge in [-0.25, -0.2) is 4.79 Å². The summed E-state index contributed by atoms with van der Waals surface area (Å²) >= 11 is 1.55. The number of carboxylic acid groups (broad SMARTS) is 1. The van der Waals surface area contributed by atoms with Crippen molar-refractivity contribution in [2.24, 2.45) is 0 Å². The first kappa shape index (κ1) is 29.7. The lowest BCUT2D eigenvalue weighted by molar-refractivity contribution is -0.139. The molecule has 41 heavy (non-hydrogen) atoms. The first-order chi connectivity index (χ1) is 19.9. The summed E-state index contributed by atoms with van der Waals surface area (Å²) in [6, 6.07) is 31.0. The Kier molecular flexibility index (Phi) is 10.5. The number of benzene rings is 4. The van der Waals surface area contributed by atoms with Gasteiger partial charge in [0, 0.05) is 18.7 Å². The van der Waals surface area contributed by atoms with E-state index in [2.05, 4.69) is 22.3 Å². The minimum absolute atomic E-state index is 0.355. The molecule has 1 atom stereocenters. The molecule has 7 heteroatoms. The highest BCUT2D eigenvalue weighted by Crippen LogP contribution is 2.33. The van der Waals surface area contributed by atoms with Crippen LogP contribution in [0.4, 0.5) is 5.69 Å². The first-order valence-electron chi connectivity index (χ1n) is 13.5. The number of amides is 1. The number of nitrogens with zero attached hydrogens (tertiary/aromatic N) is 1. The number of nitrogens with one attached hydrogen (secondary N) is 1. The molecule has 4 rings (SSSR count). The van der Waals surface area contributed by atoms with Crippen LogP contribution in [0.25, 0.3) is 11.1 Å². The van der Waals surface area contributed by atoms with Gasteiger partial charge in [0.25, 0.3) is 5.91 Å². The van der Waals surface area contributed by atoms with Gasteiger partial charge in [0.1, 0.15) is 11.8 Å². The van der Waals surface area contributed by atoms with Crippen LogP contribution >= 0.6 is 11.8 Å². The van der Waals surface area contributed by atoms with Crippen LogP contribution in [-0.4, -0.2) is 42.1 Å². The van der Waals surface area contributed by atoms with Crippen LogP contribution < -0.4 is 15.0 Å². The van der Waals surface area contributed by atoms with Crippen LogP contribution in [0.15, 0.2) is 97.1 Å². The number of thioether (sulfide) groups is 1. The van der Waals surface area contributed by atoms with Gasteiger partial charge >= 0.3 is 5.97 Å². The number of aliphatic carboxylic acids is 1. The second kappa shape index (κ2) is 14.4. The molecule has 212 valence electrons. The van der Waals surface area contributed by atoms with Crippen molar-refractivity contribution in [3.63, 3.8) is 0 Å². The Bertz CT molecular complexity index is 1470. The Hall–Kier alpha value is -4.23. The van der Waals surface area contributed by atoms with Crippen LogP contribution in [-0.2, 0) is 17.9 Å². The Morgan fingerprint density at radius 1 is 0.878 bits per heavy atom. The number of para-hydroxylation sites is 2. The molecule has 0 aliphatic carbocycles. The molecule has 2 N–H and O–H groups in total. The smallest absolute Gasteiger partial charge is 0.326 e. The molecule has 0 bridgehead atoms. The number of hydrogen-bond acceptors (Lipinski definition) is 5. The lowest BCUT2D eigenvalue weighted by atomic mass is 9.93. The van der Waals surface area contributed by atoms with E-state index in [-0.39, 0.29) is 0 Å². The molecule has 0 saturated heterocycles. The molecule has 0 spiro atoms. The maximum absolute atomic E-state index is 13.5. The van der Waals surface area contributed by atoms with Crippen LogP contribution in [0.3, 0.4) is 0 Å². The van der Waals surface area contributed by atoms with Crippen molar-refractivity contribution < 1.29 is 19.4 Å². The standard InChI is InChI=1S/C34H36N2O4S/c1-24-11-7-8-14-27(24)29-21-26(17-18-28(29)33(37)35-30(34(38)39)19-20-41-3)23-36(22-25-12-5-4-6-13-25)31-15-9-10-16-32(31)40-2/h4-18,21,30H,19-20,22-23H2,1-3H3,(H,35,37)(H,38,39)/t30-/m0/s1. The van der Waals surface area contributed by atoms with E-state index in [9.17, 15) is 14.7 Å². The molecule has 0 aliphatic rings. The molecule has 0 fully saturated rings. The third-order valence-electron chi connectivity index (χ3n) is 6.99. The van der Waals surface area contributed by atoms with Crippen molar-refractivity contribution in [3.8, 4) is 16.9 Å². The van der Waals surface area contributed by atoms with Gasteiger partial charge in [-0.05, 0) is 77.4 Å². The van der Waals surface area contributed by atoms with E-state index in [0.29, 0.717) is 30.8 Å². The Morgan fingerprint density at radius 2 is 1.56 bits per heavy atom. The Morgan fingerprint density at radius 3 is 2.27 bits per heavy atom. The molecule has 0 radical (unpaired) electrons. The highest BCUT2D eigenvalue weighted by atomic mass is 32.2. The summed E-state index contributed by atoms with van der Waals surface area (Å²) in [6.07, 6.45) is 2.27. The normalized spacial score (nSPS) is 11.5. The van der Waals surface area contributed by atoms with Crippen LogP contribution in [0, 0.1) is 6.92 Å². The number of ether oxygens (including phenoxy) is 1. The van der Waals surface area contributed by atoms with Gasteiger partial charge in [0.05, 0.1) is 12.8 Å². The Balaban J connectivity index is 1.74. The molecule has 1 amide bonds. The summed E-state index contributed by atoms with van der Waals surface area (Å²) in [5.41, 5.74) is 6.33. The van der Waals surface area contributed by atoms with E-state index in [4.69, 9.17) is 4.74 Å². The number of carbonyl (C=O) groups excluding carboxylic acids is 1. The SMILES string of the molecule is COc1ccccc1N(Cc1ccccc1)Cc1ccc(C(=O)N[C@@H](CCSC)C(=O)O)c(-c2ccccc2C)c1. The van der Waals surface area contributed by atoms with Crippen molar-refractivity contribution in [1.29, 1.82) is 0 Å². The van der Waals surface area contributed by atoms with Gasteiger partial charge in [-0.15, -0.1) is 0 Å². The van der Waals surface area contributed by atoms with Gasteiger partial charge in [0.15, 0.2) is 0 Å². The summed E-state index contributed by atoms with van der Waals surface area (Å²) in [5, 5.41) is 12.5. The molecule has 0 unspecified atom stereocenters. The van der Waals surface area contributed by atoms with Gasteiger partial charge in [-0.3, -0.25) is 4.79 Å². The van der Waals surface area contributed by atoms with E-state index in [1.807, 2.05) is 98.1 Å². The summed E-state index contributed by atoms with van der Waals surface area (Å²) in [5.74, 6) is -0.00591. The number of methoxy groups -OCH3 is 1. The predicted octanol–water partition coefficient (Wildman–Crippen LogP) is 6.81. The molecule has 0 aliphatic heterocycles. The second-order valence-corrected chi connectivity index (χ2v) is 10.8. The lowest BCUT2D eigenvalue weighted by Gasteiger charge is -2.27. The number of aryl methyl sites for hydroxylation is 1. The minimum Gasteiger partial charge on any atom is -0.495 e. The molecule has 0 heterocycles. The van der Waals surface area contributed by atoms with Crippen LogP contribution in [0.1, 0.15) is 33.5 Å². The molecule has 4 aromatic carbocycles. The first-order valence-corrected chi connectivity index (χ1v) is 14.9. The second-order valence-electron chi connectivity index (χ2n) is 9.85. The number of carbonyl (C=O) groups is 2. The fourth-order valence-corrected chi connectivity index (χ4v) is 5.33. The Labute approximate surface area is 246 Å². The van der Waals surface area contributed by atoms with Gasteiger partial charge < -0.3 is 20.1 Å². The molecular weight excluding hydrogens is 532 g/mol. The third kappa shape index (κ3) is 7.70. The highest BCUT2D eigenvalue weighted by molar-refractivity contribution is 7.98. The van der Waals surface area contributed by atoms with Crippen LogP contribution in [0.5, 0.6) is 5.75 Å². The zero-order valence-corrected chi connectivity index (χ0v) is 24.5. The molecular formula is C34H36N2O4S. The number of hydrogen-bond donors (Lipinski definition) is 2. The van der Waals surface area contributed by atoms with E-state index in [1.165, 1.54) is 5.56 Å². The number of anilines is 1. The van der Waals surface area contributed by atoms with E-state index >= 15 is 0 Å². The average molecular weight is 569 g/mol. The molecule has 6 nitrogen and oxygen atoms in total. The van der Waals surface area contributed by atoms with Crippen molar-refractivity contribution in [3.05, 3.63) is 119 Å². The summed E-state index contributed by atoms with van der Waals surface area (Å²) in [4.78, 5) is 27.6. The van der Waals surface area contributed by atoms with Crippen molar-refractivity contribution >= 4 is 29.3 Å². The molecule has 0 aromatic heterocycles. The fraction of sp³-hybridized carbons (Fsp3) is 0.235. The van der Waals surface area contributed by atoms with Crippen molar-refractivity contribution in [2.45, 2.75) is 32.5 Å². The van der Waals surface area contributed by atoms with Gasteiger partial charge in [0.2, 0.25) is 0 Å². The predicted molar refractivity (Wildman–Crippen MR) is 168 cm³/mol. The highest BCUT2D eigenvalue weighted by Gasteiger charge is 2.23. The summed E-state index contributed by atoms with van der Waals surface area (Å²) in [7, 11) is 1.67. The van der Waals surface area contributed by atoms with Crippen molar-refractivity contribution in [2.75, 3.05) is 24.0 Å². The quantitative estimate of drug-likeness (QED) is 0.184. The fourth-order valence-electron chi connectivity index (χ4n) is 4.86. The van der Waals surface area contributed by atoms with Crippen LogP contribution in [0.2, 0.25) is 0 Å². The lowest BCUT2D eigenvalue weighted by Crippen LogP contribution is -2.41. The maximum atomic E-state index is 13.5. The van der Waals surface area contributed by atoms with E-state index in [1.54, 1.807) is 18.9 Å². The van der Waals surface area contributed by atoms with Gasteiger partial charge in [-0.1, -0.05) is 72.8 Å². The van der Waals surface area contributed by atoms with E-state index in [0.717, 1.165) is 33.7 Å². The summed E-state index contributed by atoms with van der Waals surface area (Å²) < 4.78 is 5.70. The summed E-state index contributed by atoms with van der Waals surface area (Å²) in [6.45, 7) is 3.25. The van der Waals surface area contributed by atoms with E-state index < -0.39 is 17.9 Å². The molecule has 0 saturated carbocycles. The number of rotatable bonds is 13. The van der Waals surface area contributed by atoms with Crippen molar-refractivity contribution in [1.82, 2.24) is 5.32 Å². The minimum atomic E-state index is -1.03.